The number of aromatic nitrogens is 1. The van der Waals surface area contributed by atoms with Crippen molar-refractivity contribution < 1.29 is 4.79 Å². The van der Waals surface area contributed by atoms with Gasteiger partial charge in [-0.25, -0.2) is 0 Å². The third-order valence-electron chi connectivity index (χ3n) is 4.22. The van der Waals surface area contributed by atoms with Crippen LogP contribution in [0, 0.1) is 5.92 Å². The molecule has 0 atom stereocenters. The number of rotatable bonds is 6. The highest BCUT2D eigenvalue weighted by atomic mass is 16.2. The Morgan fingerprint density at radius 3 is 2.80 bits per heavy atom. The molecule has 112 valence electrons. The Labute approximate surface area is 122 Å². The van der Waals surface area contributed by atoms with Crippen LogP contribution in [0.1, 0.15) is 43.1 Å². The molecule has 0 aliphatic carbocycles. The Bertz CT molecular complexity index is 419. The lowest BCUT2D eigenvalue weighted by Crippen LogP contribution is -2.39. The van der Waals surface area contributed by atoms with Gasteiger partial charge in [-0.1, -0.05) is 6.92 Å². The van der Waals surface area contributed by atoms with Crippen molar-refractivity contribution in [3.63, 3.8) is 0 Å². The van der Waals surface area contributed by atoms with Gasteiger partial charge < -0.3 is 14.8 Å². The molecule has 1 aromatic rings. The van der Waals surface area contributed by atoms with Crippen LogP contribution >= 0.6 is 0 Å². The summed E-state index contributed by atoms with van der Waals surface area (Å²) in [6.07, 6.45) is 6.58. The normalized spacial score (nSPS) is 16.6. The second-order valence-corrected chi connectivity index (χ2v) is 5.71. The number of likely N-dealkylation sites (tertiary alicyclic amines) is 1. The van der Waals surface area contributed by atoms with Crippen LogP contribution in [0.5, 0.6) is 0 Å². The molecule has 4 nitrogen and oxygen atoms in total. The van der Waals surface area contributed by atoms with Gasteiger partial charge in [-0.15, -0.1) is 0 Å². The van der Waals surface area contributed by atoms with E-state index in [-0.39, 0.29) is 5.91 Å². The molecule has 20 heavy (non-hydrogen) atoms. The molecule has 0 bridgehead atoms. The monoisotopic (exact) mass is 277 g/mol. The number of aryl methyl sites for hydroxylation is 1. The van der Waals surface area contributed by atoms with Crippen molar-refractivity contribution >= 4 is 5.91 Å². The van der Waals surface area contributed by atoms with Crippen LogP contribution in [0.3, 0.4) is 0 Å². The van der Waals surface area contributed by atoms with E-state index in [4.69, 9.17) is 0 Å². The summed E-state index contributed by atoms with van der Waals surface area (Å²) in [5.41, 5.74) is 0.848. The van der Waals surface area contributed by atoms with Crippen LogP contribution in [-0.2, 0) is 6.54 Å². The predicted molar refractivity (Wildman–Crippen MR) is 81.9 cm³/mol. The third-order valence-corrected chi connectivity index (χ3v) is 4.22. The second-order valence-electron chi connectivity index (χ2n) is 5.71. The molecule has 1 fully saturated rings. The fraction of sp³-hybridized carbons (Fsp3) is 0.688. The number of nitrogens with one attached hydrogen (secondary N) is 1. The second kappa shape index (κ2) is 7.48. The van der Waals surface area contributed by atoms with Crippen molar-refractivity contribution in [1.82, 2.24) is 14.8 Å². The number of piperidine rings is 1. The van der Waals surface area contributed by atoms with Gasteiger partial charge in [0, 0.05) is 25.8 Å². The van der Waals surface area contributed by atoms with E-state index in [9.17, 15) is 4.79 Å². The molecule has 1 aliphatic heterocycles. The highest BCUT2D eigenvalue weighted by molar-refractivity contribution is 5.92. The lowest BCUT2D eigenvalue weighted by atomic mass is 9.93. The molecule has 0 unspecified atom stereocenters. The molecule has 2 rings (SSSR count). The molecule has 4 heteroatoms. The predicted octanol–water partition coefficient (Wildman–Crippen LogP) is 2.36. The third kappa shape index (κ3) is 3.63. The van der Waals surface area contributed by atoms with Crippen molar-refractivity contribution in [2.24, 2.45) is 5.92 Å². The van der Waals surface area contributed by atoms with Gasteiger partial charge >= 0.3 is 0 Å². The van der Waals surface area contributed by atoms with Gasteiger partial charge in [0.2, 0.25) is 0 Å². The largest absolute Gasteiger partial charge is 0.344 e. The van der Waals surface area contributed by atoms with Crippen LogP contribution in [0.2, 0.25) is 0 Å². The molecule has 1 aromatic heterocycles. The van der Waals surface area contributed by atoms with E-state index in [1.54, 1.807) is 0 Å². The summed E-state index contributed by atoms with van der Waals surface area (Å²) >= 11 is 0. The average Bonchev–Trinajstić information content (AvgIpc) is 2.93. The van der Waals surface area contributed by atoms with E-state index in [2.05, 4.69) is 16.8 Å². The smallest absolute Gasteiger partial charge is 0.270 e. The fourth-order valence-electron chi connectivity index (χ4n) is 2.98. The first-order valence-corrected chi connectivity index (χ1v) is 7.85. The van der Waals surface area contributed by atoms with Crippen LogP contribution in [-0.4, -0.2) is 42.1 Å². The van der Waals surface area contributed by atoms with Gasteiger partial charge in [-0.05, 0) is 57.3 Å². The molecule has 1 N–H and O–H groups in total. The summed E-state index contributed by atoms with van der Waals surface area (Å²) in [6.45, 7) is 5.96. The molecular weight excluding hydrogens is 250 g/mol. The zero-order chi connectivity index (χ0) is 14.4. The minimum Gasteiger partial charge on any atom is -0.344 e. The summed E-state index contributed by atoms with van der Waals surface area (Å²) in [4.78, 5) is 14.6. The first-order chi connectivity index (χ1) is 9.76. The van der Waals surface area contributed by atoms with E-state index in [0.717, 1.165) is 57.1 Å². The van der Waals surface area contributed by atoms with Crippen LogP contribution in [0.25, 0.3) is 0 Å². The molecule has 0 aromatic carbocycles. The van der Waals surface area contributed by atoms with E-state index in [1.807, 2.05) is 30.3 Å². The Hall–Kier alpha value is -1.29. The SMILES string of the molecule is CCCn1cccc1C(=O)N1CCC(CCNC)CC1. The number of carbonyl (C=O) groups excluding carboxylic acids is 1. The zero-order valence-corrected chi connectivity index (χ0v) is 12.8. The highest BCUT2D eigenvalue weighted by Gasteiger charge is 2.24. The molecule has 1 aliphatic rings. The van der Waals surface area contributed by atoms with E-state index in [0.29, 0.717) is 0 Å². The Balaban J connectivity index is 1.89. The highest BCUT2D eigenvalue weighted by Crippen LogP contribution is 2.21. The molecule has 0 spiro atoms. The van der Waals surface area contributed by atoms with Gasteiger partial charge in [-0.3, -0.25) is 4.79 Å². The van der Waals surface area contributed by atoms with Gasteiger partial charge in [-0.2, -0.15) is 0 Å². The van der Waals surface area contributed by atoms with Crippen molar-refractivity contribution in [2.45, 2.75) is 39.2 Å². The minimum atomic E-state index is 0.204. The Morgan fingerprint density at radius 1 is 1.40 bits per heavy atom. The number of carbonyl (C=O) groups is 1. The van der Waals surface area contributed by atoms with E-state index in [1.165, 1.54) is 6.42 Å². The van der Waals surface area contributed by atoms with Crippen LogP contribution in [0.4, 0.5) is 0 Å². The van der Waals surface area contributed by atoms with Gasteiger partial charge in [0.05, 0.1) is 0 Å². The number of hydrogen-bond acceptors (Lipinski definition) is 2. The van der Waals surface area contributed by atoms with E-state index >= 15 is 0 Å². The average molecular weight is 277 g/mol. The maximum absolute atomic E-state index is 12.6. The zero-order valence-electron chi connectivity index (χ0n) is 12.8. The maximum atomic E-state index is 12.6. The Morgan fingerprint density at radius 2 is 2.15 bits per heavy atom. The van der Waals surface area contributed by atoms with Crippen LogP contribution in [0.15, 0.2) is 18.3 Å². The first kappa shape index (κ1) is 15.1. The van der Waals surface area contributed by atoms with Crippen molar-refractivity contribution in [2.75, 3.05) is 26.7 Å². The van der Waals surface area contributed by atoms with Crippen LogP contribution < -0.4 is 5.32 Å². The fourth-order valence-corrected chi connectivity index (χ4v) is 2.98. The minimum absolute atomic E-state index is 0.204. The Kier molecular flexibility index (Phi) is 5.65. The first-order valence-electron chi connectivity index (χ1n) is 7.85. The maximum Gasteiger partial charge on any atom is 0.270 e. The van der Waals surface area contributed by atoms with Gasteiger partial charge in [0.1, 0.15) is 5.69 Å². The topological polar surface area (TPSA) is 37.3 Å². The quantitative estimate of drug-likeness (QED) is 0.866. The number of amides is 1. The molecular formula is C16H27N3O. The standard InChI is InChI=1S/C16H27N3O/c1-3-10-18-11-4-5-15(18)16(20)19-12-7-14(8-13-19)6-9-17-2/h4-5,11,14,17H,3,6-10,12-13H2,1-2H3. The molecule has 0 saturated carbocycles. The van der Waals surface area contributed by atoms with Gasteiger partial charge in [0.25, 0.3) is 5.91 Å². The van der Waals surface area contributed by atoms with E-state index < -0.39 is 0 Å². The summed E-state index contributed by atoms with van der Waals surface area (Å²) in [5, 5.41) is 3.21. The lowest BCUT2D eigenvalue weighted by Gasteiger charge is -2.32. The summed E-state index contributed by atoms with van der Waals surface area (Å²) in [7, 11) is 2.00. The van der Waals surface area contributed by atoms with Crippen molar-refractivity contribution in [3.8, 4) is 0 Å². The molecule has 2 heterocycles. The van der Waals surface area contributed by atoms with Crippen molar-refractivity contribution in [3.05, 3.63) is 24.0 Å². The summed E-state index contributed by atoms with van der Waals surface area (Å²) < 4.78 is 2.08. The molecule has 1 saturated heterocycles. The summed E-state index contributed by atoms with van der Waals surface area (Å²) in [6, 6.07) is 3.92. The van der Waals surface area contributed by atoms with Crippen molar-refractivity contribution in [1.29, 1.82) is 0 Å². The number of nitrogens with zero attached hydrogens (tertiary/aromatic N) is 2. The molecule has 0 radical (unpaired) electrons. The van der Waals surface area contributed by atoms with Gasteiger partial charge in [0.15, 0.2) is 0 Å². The number of hydrogen-bond donors (Lipinski definition) is 1. The lowest BCUT2D eigenvalue weighted by molar-refractivity contribution is 0.0676. The summed E-state index contributed by atoms with van der Waals surface area (Å²) in [5.74, 6) is 0.976. The molecule has 1 amide bonds.